The predicted octanol–water partition coefficient (Wildman–Crippen LogP) is 1.67. The van der Waals surface area contributed by atoms with Crippen molar-refractivity contribution < 1.29 is 14.7 Å². The van der Waals surface area contributed by atoms with Crippen molar-refractivity contribution in [1.29, 1.82) is 0 Å². The number of allylic oxidation sites excluding steroid dienone is 1. The molecule has 0 fully saturated rings. The Morgan fingerprint density at radius 2 is 2.20 bits per heavy atom. The Kier molecular flexibility index (Phi) is 4.28. The molecule has 6 heteroatoms. The van der Waals surface area contributed by atoms with Gasteiger partial charge in [0.15, 0.2) is 0 Å². The van der Waals surface area contributed by atoms with Gasteiger partial charge in [-0.25, -0.2) is 4.79 Å². The molecule has 1 aliphatic rings. The molecule has 82 valence electrons. The Morgan fingerprint density at radius 3 is 2.73 bits per heavy atom. The lowest BCUT2D eigenvalue weighted by molar-refractivity contribution is -0.138. The van der Waals surface area contributed by atoms with Gasteiger partial charge in [-0.05, 0) is 18.1 Å². The molecule has 15 heavy (non-hydrogen) atoms. The zero-order valence-corrected chi connectivity index (χ0v) is 9.85. The molecular formula is C9H11NO3S2. The summed E-state index contributed by atoms with van der Waals surface area (Å²) < 4.78 is 0. The molecule has 0 aliphatic carbocycles. The predicted molar refractivity (Wildman–Crippen MR) is 62.4 cm³/mol. The number of rotatable bonds is 3. The summed E-state index contributed by atoms with van der Waals surface area (Å²) in [6, 6.07) is 0. The van der Waals surface area contributed by atoms with Crippen LogP contribution < -0.4 is 0 Å². The summed E-state index contributed by atoms with van der Waals surface area (Å²) in [6.45, 7) is 1.71. The second kappa shape index (κ2) is 5.27. The fourth-order valence-electron chi connectivity index (χ4n) is 1.18. The quantitative estimate of drug-likeness (QED) is 0.743. The third-order valence-corrected chi connectivity index (χ3v) is 2.87. The van der Waals surface area contributed by atoms with Crippen molar-refractivity contribution in [2.75, 3.05) is 5.75 Å². The lowest BCUT2D eigenvalue weighted by Gasteiger charge is -2.25. The van der Waals surface area contributed by atoms with Crippen molar-refractivity contribution in [1.82, 2.24) is 4.90 Å². The normalized spacial score (nSPS) is 15.7. The Labute approximate surface area is 97.4 Å². The number of carboxylic acids is 1. The molecule has 0 saturated heterocycles. The van der Waals surface area contributed by atoms with Crippen LogP contribution in [-0.4, -0.2) is 27.6 Å². The maximum absolute atomic E-state index is 11.6. The van der Waals surface area contributed by atoms with Crippen molar-refractivity contribution in [2.24, 2.45) is 0 Å². The van der Waals surface area contributed by atoms with Gasteiger partial charge in [0, 0.05) is 17.5 Å². The van der Waals surface area contributed by atoms with Gasteiger partial charge >= 0.3 is 5.97 Å². The highest BCUT2D eigenvalue weighted by atomic mass is 32.2. The molecule has 0 bridgehead atoms. The van der Waals surface area contributed by atoms with Gasteiger partial charge in [-0.2, -0.15) is 12.6 Å². The van der Waals surface area contributed by atoms with Crippen LogP contribution in [0.3, 0.4) is 0 Å². The highest BCUT2D eigenvalue weighted by Gasteiger charge is 2.26. The van der Waals surface area contributed by atoms with Crippen LogP contribution in [-0.2, 0) is 9.59 Å². The number of thiol groups is 1. The van der Waals surface area contributed by atoms with Crippen LogP contribution in [0.1, 0.15) is 13.3 Å². The number of hydrogen-bond acceptors (Lipinski definition) is 4. The summed E-state index contributed by atoms with van der Waals surface area (Å²) >= 11 is 5.21. The Hall–Kier alpha value is -0.880. The van der Waals surface area contributed by atoms with Crippen molar-refractivity contribution in [3.63, 3.8) is 0 Å². The van der Waals surface area contributed by atoms with Crippen LogP contribution in [0.5, 0.6) is 0 Å². The Balaban J connectivity index is 2.93. The second-order valence-electron chi connectivity index (χ2n) is 2.91. The van der Waals surface area contributed by atoms with Crippen LogP contribution in [0.15, 0.2) is 22.2 Å². The van der Waals surface area contributed by atoms with Crippen LogP contribution >= 0.6 is 24.4 Å². The molecule has 1 heterocycles. The van der Waals surface area contributed by atoms with E-state index in [9.17, 15) is 9.59 Å². The van der Waals surface area contributed by atoms with Crippen molar-refractivity contribution >= 4 is 36.3 Å². The first kappa shape index (κ1) is 12.2. The van der Waals surface area contributed by atoms with Crippen molar-refractivity contribution in [2.45, 2.75) is 13.3 Å². The summed E-state index contributed by atoms with van der Waals surface area (Å²) in [7, 11) is 0. The van der Waals surface area contributed by atoms with Crippen molar-refractivity contribution in [3.05, 3.63) is 22.2 Å². The fourth-order valence-corrected chi connectivity index (χ4v) is 2.07. The molecule has 0 aromatic heterocycles. The van der Waals surface area contributed by atoms with E-state index in [4.69, 9.17) is 5.11 Å². The smallest absolute Gasteiger partial charge is 0.353 e. The molecule has 1 amide bonds. The van der Waals surface area contributed by atoms with Gasteiger partial charge in [0.1, 0.15) is 5.70 Å². The van der Waals surface area contributed by atoms with E-state index in [-0.39, 0.29) is 18.0 Å². The zero-order valence-electron chi connectivity index (χ0n) is 8.14. The van der Waals surface area contributed by atoms with Gasteiger partial charge in [-0.15, -0.1) is 11.8 Å². The summed E-state index contributed by atoms with van der Waals surface area (Å²) in [4.78, 5) is 23.8. The first-order valence-corrected chi connectivity index (χ1v) is 5.85. The van der Waals surface area contributed by atoms with Gasteiger partial charge in [-0.1, -0.05) is 0 Å². The third-order valence-electron chi connectivity index (χ3n) is 1.81. The van der Waals surface area contributed by atoms with Crippen LogP contribution in [0.4, 0.5) is 0 Å². The number of carbonyl (C=O) groups is 2. The van der Waals surface area contributed by atoms with E-state index < -0.39 is 5.97 Å². The topological polar surface area (TPSA) is 57.6 Å². The highest BCUT2D eigenvalue weighted by molar-refractivity contribution is 8.05. The molecule has 1 aliphatic heterocycles. The van der Waals surface area contributed by atoms with E-state index in [2.05, 4.69) is 12.6 Å². The van der Waals surface area contributed by atoms with Crippen LogP contribution in [0.2, 0.25) is 0 Å². The standard InChI is InChI=1S/C9H11NO3S2/c1-6-4-15-5-7(9(12)13)10(6)8(11)2-3-14/h4-5,14H,2-3H2,1H3,(H,12,13). The summed E-state index contributed by atoms with van der Waals surface area (Å²) in [5.41, 5.74) is 0.637. The van der Waals surface area contributed by atoms with Crippen LogP contribution in [0, 0.1) is 0 Å². The second-order valence-corrected chi connectivity index (χ2v) is 4.10. The molecule has 1 rings (SSSR count). The lowest BCUT2D eigenvalue weighted by Crippen LogP contribution is -2.33. The average Bonchev–Trinajstić information content (AvgIpc) is 2.17. The largest absolute Gasteiger partial charge is 0.477 e. The van der Waals surface area contributed by atoms with E-state index in [0.717, 1.165) is 0 Å². The molecule has 0 radical (unpaired) electrons. The van der Waals surface area contributed by atoms with Gasteiger partial charge in [0.25, 0.3) is 0 Å². The summed E-state index contributed by atoms with van der Waals surface area (Å²) in [5, 5.41) is 12.1. The number of nitrogens with zero attached hydrogens (tertiary/aromatic N) is 1. The van der Waals surface area contributed by atoms with E-state index in [1.807, 2.05) is 0 Å². The van der Waals surface area contributed by atoms with Gasteiger partial charge in [-0.3, -0.25) is 9.69 Å². The first-order chi connectivity index (χ1) is 7.07. The molecule has 0 unspecified atom stereocenters. The molecule has 0 spiro atoms. The van der Waals surface area contributed by atoms with Crippen molar-refractivity contribution in [3.8, 4) is 0 Å². The number of amides is 1. The monoisotopic (exact) mass is 245 g/mol. The SMILES string of the molecule is CC1=CSC=C(C(=O)O)N1C(=O)CCS. The maximum Gasteiger partial charge on any atom is 0.353 e. The molecular weight excluding hydrogens is 234 g/mol. The molecule has 4 nitrogen and oxygen atoms in total. The van der Waals surface area contributed by atoms with E-state index >= 15 is 0 Å². The minimum absolute atomic E-state index is 0.00628. The zero-order chi connectivity index (χ0) is 11.4. The first-order valence-electron chi connectivity index (χ1n) is 4.27. The Bertz CT molecular complexity index is 349. The summed E-state index contributed by atoms with van der Waals surface area (Å²) in [6.07, 6.45) is 0.226. The summed E-state index contributed by atoms with van der Waals surface area (Å²) in [5.74, 6) is -0.932. The molecule has 0 saturated carbocycles. The number of thioether (sulfide) groups is 1. The minimum Gasteiger partial charge on any atom is -0.477 e. The Morgan fingerprint density at radius 1 is 1.53 bits per heavy atom. The molecule has 1 N–H and O–H groups in total. The molecule has 0 aromatic carbocycles. The van der Waals surface area contributed by atoms with E-state index in [1.165, 1.54) is 22.1 Å². The fraction of sp³-hybridized carbons (Fsp3) is 0.333. The number of carboxylic acid groups (broad SMARTS) is 1. The van der Waals surface area contributed by atoms with Gasteiger partial charge in [0.05, 0.1) is 0 Å². The highest BCUT2D eigenvalue weighted by Crippen LogP contribution is 2.26. The average molecular weight is 245 g/mol. The van der Waals surface area contributed by atoms with E-state index in [0.29, 0.717) is 11.4 Å². The van der Waals surface area contributed by atoms with Crippen LogP contribution in [0.25, 0.3) is 0 Å². The number of hydrogen-bond donors (Lipinski definition) is 2. The lowest BCUT2D eigenvalue weighted by atomic mass is 10.3. The molecule has 0 atom stereocenters. The maximum atomic E-state index is 11.6. The van der Waals surface area contributed by atoms with Gasteiger partial charge < -0.3 is 5.11 Å². The van der Waals surface area contributed by atoms with E-state index in [1.54, 1.807) is 12.3 Å². The van der Waals surface area contributed by atoms with Gasteiger partial charge in [0.2, 0.25) is 5.91 Å². The third kappa shape index (κ3) is 2.79. The number of carbonyl (C=O) groups excluding carboxylic acids is 1. The minimum atomic E-state index is -1.09. The molecule has 0 aromatic rings. The number of aliphatic carboxylic acids is 1.